The Bertz CT molecular complexity index is 746. The molecule has 7 nitrogen and oxygen atoms in total. The van der Waals surface area contributed by atoms with Gasteiger partial charge < -0.3 is 15.8 Å². The lowest BCUT2D eigenvalue weighted by Crippen LogP contribution is -2.42. The van der Waals surface area contributed by atoms with Gasteiger partial charge >= 0.3 is 5.97 Å². The van der Waals surface area contributed by atoms with E-state index in [0.717, 1.165) is 24.8 Å². The van der Waals surface area contributed by atoms with Crippen molar-refractivity contribution in [2.75, 3.05) is 13.7 Å². The second-order valence-corrected chi connectivity index (χ2v) is 7.29. The molecule has 0 saturated heterocycles. The van der Waals surface area contributed by atoms with Crippen molar-refractivity contribution in [2.24, 2.45) is 5.73 Å². The zero-order chi connectivity index (χ0) is 19.6. The molecule has 0 spiro atoms. The number of ether oxygens (including phenoxy) is 1. The summed E-state index contributed by atoms with van der Waals surface area (Å²) >= 11 is 1.39. The Morgan fingerprint density at radius 2 is 1.93 bits per heavy atom. The normalized spacial score (nSPS) is 11.8. The highest BCUT2D eigenvalue weighted by atomic mass is 32.1. The lowest BCUT2D eigenvalue weighted by atomic mass is 10.1. The molecule has 0 fully saturated rings. The number of unbranched alkanes of at least 4 members (excludes halogenated alkanes) is 3. The fourth-order valence-electron chi connectivity index (χ4n) is 2.49. The molecule has 2 rings (SSSR count). The van der Waals surface area contributed by atoms with Crippen LogP contribution in [0.25, 0.3) is 10.6 Å². The minimum Gasteiger partial charge on any atom is -0.465 e. The van der Waals surface area contributed by atoms with Gasteiger partial charge in [0.25, 0.3) is 0 Å². The van der Waals surface area contributed by atoms with Crippen molar-refractivity contribution in [1.29, 1.82) is 0 Å². The average Bonchev–Trinajstić information content (AvgIpc) is 3.15. The molecule has 0 radical (unpaired) electrons. The summed E-state index contributed by atoms with van der Waals surface area (Å²) in [7, 11) is 1.35. The summed E-state index contributed by atoms with van der Waals surface area (Å²) in [4.78, 5) is 23.5. The summed E-state index contributed by atoms with van der Waals surface area (Å²) in [6.45, 7) is 2.80. The summed E-state index contributed by atoms with van der Waals surface area (Å²) in [6.07, 6.45) is 4.77. The third kappa shape index (κ3) is 6.41. The number of esters is 1. The second kappa shape index (κ2) is 10.7. The number of hydrogen-bond acceptors (Lipinski definition) is 7. The van der Waals surface area contributed by atoms with E-state index < -0.39 is 6.04 Å². The van der Waals surface area contributed by atoms with Crippen LogP contribution in [0.5, 0.6) is 0 Å². The van der Waals surface area contributed by atoms with Crippen LogP contribution in [0.1, 0.15) is 48.0 Å². The van der Waals surface area contributed by atoms with Crippen LogP contribution in [-0.2, 0) is 16.0 Å². The molecule has 2 aromatic rings. The largest absolute Gasteiger partial charge is 0.465 e. The molecule has 0 aliphatic rings. The summed E-state index contributed by atoms with van der Waals surface area (Å²) in [5.74, 6) is -0.545. The SMILES string of the molecule is CCCCCCNC(=O)[C@@H](N)Cc1nnc(-c2ccc(C(=O)OC)cc2)s1. The molecular formula is C19H26N4O3S. The molecule has 1 heterocycles. The second-order valence-electron chi connectivity index (χ2n) is 6.23. The van der Waals surface area contributed by atoms with E-state index in [0.29, 0.717) is 28.5 Å². The van der Waals surface area contributed by atoms with Crippen LogP contribution >= 0.6 is 11.3 Å². The van der Waals surface area contributed by atoms with Gasteiger partial charge in [-0.15, -0.1) is 10.2 Å². The Hall–Kier alpha value is -2.32. The molecule has 0 bridgehead atoms. The quantitative estimate of drug-likeness (QED) is 0.477. The number of aromatic nitrogens is 2. The van der Waals surface area contributed by atoms with Crippen molar-refractivity contribution in [3.63, 3.8) is 0 Å². The van der Waals surface area contributed by atoms with Gasteiger partial charge in [0.05, 0.1) is 18.7 Å². The van der Waals surface area contributed by atoms with Crippen molar-refractivity contribution in [1.82, 2.24) is 15.5 Å². The molecule has 0 unspecified atom stereocenters. The molecule has 27 heavy (non-hydrogen) atoms. The maximum Gasteiger partial charge on any atom is 0.337 e. The number of rotatable bonds is 10. The topological polar surface area (TPSA) is 107 Å². The van der Waals surface area contributed by atoms with Gasteiger partial charge in [0.15, 0.2) is 0 Å². The van der Waals surface area contributed by atoms with Crippen molar-refractivity contribution in [3.8, 4) is 10.6 Å². The lowest BCUT2D eigenvalue weighted by Gasteiger charge is -2.10. The first kappa shape index (κ1) is 21.0. The highest BCUT2D eigenvalue weighted by molar-refractivity contribution is 7.14. The van der Waals surface area contributed by atoms with E-state index in [1.165, 1.54) is 24.9 Å². The highest BCUT2D eigenvalue weighted by Crippen LogP contribution is 2.24. The van der Waals surface area contributed by atoms with Gasteiger partial charge in [-0.1, -0.05) is 49.7 Å². The minimum absolute atomic E-state index is 0.161. The van der Waals surface area contributed by atoms with Crippen molar-refractivity contribution >= 4 is 23.2 Å². The van der Waals surface area contributed by atoms with Crippen molar-refractivity contribution in [2.45, 2.75) is 45.1 Å². The molecule has 146 valence electrons. The minimum atomic E-state index is -0.640. The molecular weight excluding hydrogens is 364 g/mol. The van der Waals surface area contributed by atoms with Gasteiger partial charge in [-0.3, -0.25) is 4.79 Å². The number of carbonyl (C=O) groups excluding carboxylic acids is 2. The fraction of sp³-hybridized carbons (Fsp3) is 0.474. The van der Waals surface area contributed by atoms with E-state index in [4.69, 9.17) is 5.73 Å². The average molecular weight is 391 g/mol. The number of nitrogens with two attached hydrogens (primary N) is 1. The zero-order valence-electron chi connectivity index (χ0n) is 15.7. The first-order valence-electron chi connectivity index (χ1n) is 9.09. The molecule has 1 amide bonds. The third-order valence-electron chi connectivity index (χ3n) is 4.08. The van der Waals surface area contributed by atoms with Crippen LogP contribution in [0.3, 0.4) is 0 Å². The summed E-state index contributed by atoms with van der Waals surface area (Å²) < 4.78 is 4.68. The molecule has 8 heteroatoms. The molecule has 0 saturated carbocycles. The summed E-state index contributed by atoms with van der Waals surface area (Å²) in [5.41, 5.74) is 7.31. The van der Waals surface area contributed by atoms with E-state index >= 15 is 0 Å². The third-order valence-corrected chi connectivity index (χ3v) is 5.08. The first-order valence-corrected chi connectivity index (χ1v) is 9.91. The van der Waals surface area contributed by atoms with Crippen molar-refractivity contribution in [3.05, 3.63) is 34.8 Å². The van der Waals surface area contributed by atoms with Gasteiger partial charge in [0.2, 0.25) is 5.91 Å². The number of benzene rings is 1. The highest BCUT2D eigenvalue weighted by Gasteiger charge is 2.17. The molecule has 0 aliphatic heterocycles. The molecule has 1 atom stereocenters. The van der Waals surface area contributed by atoms with Crippen LogP contribution in [0.4, 0.5) is 0 Å². The van der Waals surface area contributed by atoms with Gasteiger partial charge in [0, 0.05) is 18.5 Å². The fourth-order valence-corrected chi connectivity index (χ4v) is 3.40. The van der Waals surface area contributed by atoms with Crippen LogP contribution in [-0.4, -0.2) is 41.8 Å². The maximum absolute atomic E-state index is 12.1. The van der Waals surface area contributed by atoms with E-state index in [-0.39, 0.29) is 11.9 Å². The van der Waals surface area contributed by atoms with Gasteiger partial charge in [0.1, 0.15) is 10.0 Å². The summed E-state index contributed by atoms with van der Waals surface area (Å²) in [5, 5.41) is 12.6. The molecule has 1 aromatic carbocycles. The Morgan fingerprint density at radius 3 is 2.59 bits per heavy atom. The number of nitrogens with zero attached hydrogens (tertiary/aromatic N) is 2. The predicted octanol–water partition coefficient (Wildman–Crippen LogP) is 2.56. The Balaban J connectivity index is 1.87. The molecule has 1 aromatic heterocycles. The lowest BCUT2D eigenvalue weighted by molar-refractivity contribution is -0.122. The first-order chi connectivity index (χ1) is 13.0. The van der Waals surface area contributed by atoms with E-state index in [1.54, 1.807) is 24.3 Å². The Kier molecular flexibility index (Phi) is 8.35. The van der Waals surface area contributed by atoms with Crippen LogP contribution < -0.4 is 11.1 Å². The summed E-state index contributed by atoms with van der Waals surface area (Å²) in [6, 6.07) is 6.30. The van der Waals surface area contributed by atoms with E-state index in [2.05, 4.69) is 27.2 Å². The number of methoxy groups -OCH3 is 1. The molecule has 3 N–H and O–H groups in total. The maximum atomic E-state index is 12.1. The van der Waals surface area contributed by atoms with E-state index in [1.807, 2.05) is 0 Å². The number of hydrogen-bond donors (Lipinski definition) is 2. The molecule has 0 aliphatic carbocycles. The predicted molar refractivity (Wildman–Crippen MR) is 106 cm³/mol. The van der Waals surface area contributed by atoms with Crippen molar-refractivity contribution < 1.29 is 14.3 Å². The standard InChI is InChI=1S/C19H26N4O3S/c1-3-4-5-6-11-21-17(24)15(20)12-16-22-23-18(27-16)13-7-9-14(10-8-13)19(25)26-2/h7-10,15H,3-6,11-12,20H2,1-2H3,(H,21,24)/t15-/m0/s1. The Morgan fingerprint density at radius 1 is 1.19 bits per heavy atom. The smallest absolute Gasteiger partial charge is 0.337 e. The monoisotopic (exact) mass is 390 g/mol. The zero-order valence-corrected chi connectivity index (χ0v) is 16.6. The van der Waals surface area contributed by atoms with E-state index in [9.17, 15) is 9.59 Å². The number of amides is 1. The number of carbonyl (C=O) groups is 2. The van der Waals surface area contributed by atoms with Crippen LogP contribution in [0.15, 0.2) is 24.3 Å². The van der Waals surface area contributed by atoms with Gasteiger partial charge in [-0.05, 0) is 18.6 Å². The van der Waals surface area contributed by atoms with Crippen LogP contribution in [0.2, 0.25) is 0 Å². The number of nitrogens with one attached hydrogen (secondary N) is 1. The van der Waals surface area contributed by atoms with Gasteiger partial charge in [-0.25, -0.2) is 4.79 Å². The Labute approximate surface area is 163 Å². The van der Waals surface area contributed by atoms with Crippen LogP contribution in [0, 0.1) is 0 Å². The van der Waals surface area contributed by atoms with Gasteiger partial charge in [-0.2, -0.15) is 0 Å².